The van der Waals surface area contributed by atoms with E-state index >= 15 is 0 Å². The van der Waals surface area contributed by atoms with Gasteiger partial charge in [0.05, 0.1) is 24.1 Å². The molecule has 1 saturated heterocycles. The summed E-state index contributed by atoms with van der Waals surface area (Å²) in [7, 11) is 1.96. The number of aryl methyl sites for hydroxylation is 2. The lowest BCUT2D eigenvalue weighted by Crippen LogP contribution is -2.51. The van der Waals surface area contributed by atoms with Crippen molar-refractivity contribution < 1.29 is 0 Å². The summed E-state index contributed by atoms with van der Waals surface area (Å²) in [5.74, 6) is 0.857. The predicted molar refractivity (Wildman–Crippen MR) is 105 cm³/mol. The van der Waals surface area contributed by atoms with Gasteiger partial charge in [0.15, 0.2) is 5.96 Å². The lowest BCUT2D eigenvalue weighted by atomic mass is 10.1. The Morgan fingerprint density at radius 3 is 3.04 bits per heavy atom. The van der Waals surface area contributed by atoms with E-state index in [-0.39, 0.29) is 0 Å². The van der Waals surface area contributed by atoms with E-state index < -0.39 is 0 Å². The van der Waals surface area contributed by atoms with Crippen LogP contribution in [0.3, 0.4) is 0 Å². The average Bonchev–Trinajstić information content (AvgIpc) is 3.08. The molecule has 3 heterocycles. The summed E-state index contributed by atoms with van der Waals surface area (Å²) < 4.78 is 1.85. The zero-order chi connectivity index (χ0) is 18.4. The van der Waals surface area contributed by atoms with Gasteiger partial charge in [-0.1, -0.05) is 6.07 Å². The zero-order valence-corrected chi connectivity index (χ0v) is 15.9. The summed E-state index contributed by atoms with van der Waals surface area (Å²) in [5.41, 5.74) is 3.38. The fourth-order valence-corrected chi connectivity index (χ4v) is 3.25. The molecule has 1 aliphatic heterocycles. The molecule has 1 atom stereocenters. The Balaban J connectivity index is 1.63. The molecule has 0 bridgehead atoms. The van der Waals surface area contributed by atoms with Gasteiger partial charge < -0.3 is 15.5 Å². The molecule has 7 heteroatoms. The normalized spacial score (nSPS) is 18.0. The number of piperidine rings is 1. The molecule has 0 saturated carbocycles. The minimum absolute atomic E-state index is 0.367. The number of aliphatic imine (C=N–C) groups is 1. The van der Waals surface area contributed by atoms with E-state index in [1.54, 1.807) is 0 Å². The van der Waals surface area contributed by atoms with Crippen LogP contribution in [-0.2, 0) is 13.6 Å². The first-order chi connectivity index (χ1) is 12.7. The third-order valence-electron chi connectivity index (χ3n) is 4.67. The number of nitrogens with one attached hydrogen (secondary N) is 2. The van der Waals surface area contributed by atoms with Gasteiger partial charge in [-0.2, -0.15) is 5.10 Å². The van der Waals surface area contributed by atoms with E-state index in [4.69, 9.17) is 4.99 Å². The first-order valence-corrected chi connectivity index (χ1v) is 9.34. The summed E-state index contributed by atoms with van der Waals surface area (Å²) in [4.78, 5) is 11.6. The number of hydrogen-bond donors (Lipinski definition) is 2. The van der Waals surface area contributed by atoms with Crippen LogP contribution >= 0.6 is 0 Å². The van der Waals surface area contributed by atoms with Gasteiger partial charge >= 0.3 is 0 Å². The second-order valence-electron chi connectivity index (χ2n) is 6.76. The van der Waals surface area contributed by atoms with Crippen molar-refractivity contribution in [2.45, 2.75) is 39.3 Å². The Morgan fingerprint density at radius 1 is 1.42 bits per heavy atom. The van der Waals surface area contributed by atoms with Crippen molar-refractivity contribution in [2.24, 2.45) is 12.0 Å². The van der Waals surface area contributed by atoms with E-state index in [0.29, 0.717) is 12.6 Å². The molecule has 0 spiro atoms. The van der Waals surface area contributed by atoms with Crippen molar-refractivity contribution in [1.29, 1.82) is 0 Å². The average molecular weight is 355 g/mol. The third-order valence-corrected chi connectivity index (χ3v) is 4.67. The second kappa shape index (κ2) is 8.69. The van der Waals surface area contributed by atoms with Crippen molar-refractivity contribution >= 4 is 11.6 Å². The fraction of sp³-hybridized carbons (Fsp3) is 0.526. The molecule has 140 valence electrons. The zero-order valence-electron chi connectivity index (χ0n) is 15.9. The first kappa shape index (κ1) is 18.2. The summed E-state index contributed by atoms with van der Waals surface area (Å²) >= 11 is 0. The van der Waals surface area contributed by atoms with E-state index in [2.05, 4.69) is 51.7 Å². The number of guanidine groups is 1. The summed E-state index contributed by atoms with van der Waals surface area (Å²) in [6.45, 7) is 7.62. The van der Waals surface area contributed by atoms with Crippen molar-refractivity contribution in [3.05, 3.63) is 42.0 Å². The highest BCUT2D eigenvalue weighted by molar-refractivity contribution is 5.80. The van der Waals surface area contributed by atoms with E-state index in [9.17, 15) is 0 Å². The van der Waals surface area contributed by atoms with Crippen LogP contribution in [0.2, 0.25) is 0 Å². The predicted octanol–water partition coefficient (Wildman–Crippen LogP) is 1.85. The number of rotatable bonds is 5. The molecule has 2 aromatic rings. The van der Waals surface area contributed by atoms with Gasteiger partial charge in [-0.15, -0.1) is 0 Å². The maximum absolute atomic E-state index is 4.74. The number of anilines is 1. The Bertz CT molecular complexity index is 737. The van der Waals surface area contributed by atoms with E-state index in [0.717, 1.165) is 44.1 Å². The van der Waals surface area contributed by atoms with Gasteiger partial charge in [0.1, 0.15) is 0 Å². The molecule has 2 N–H and O–H groups in total. The van der Waals surface area contributed by atoms with Crippen LogP contribution < -0.4 is 15.5 Å². The third kappa shape index (κ3) is 4.74. The van der Waals surface area contributed by atoms with Gasteiger partial charge in [-0.3, -0.25) is 9.67 Å². The Hall–Kier alpha value is -2.57. The summed E-state index contributed by atoms with van der Waals surface area (Å²) in [6.07, 6.45) is 8.14. The molecule has 1 unspecified atom stereocenters. The molecule has 26 heavy (non-hydrogen) atoms. The van der Waals surface area contributed by atoms with Crippen LogP contribution in [0.4, 0.5) is 5.69 Å². The monoisotopic (exact) mass is 355 g/mol. The molecule has 1 fully saturated rings. The van der Waals surface area contributed by atoms with Gasteiger partial charge in [-0.25, -0.2) is 4.99 Å². The first-order valence-electron chi connectivity index (χ1n) is 9.34. The largest absolute Gasteiger partial charge is 0.367 e. The summed E-state index contributed by atoms with van der Waals surface area (Å²) in [6, 6.07) is 4.40. The van der Waals surface area contributed by atoms with Crippen LogP contribution in [-0.4, -0.2) is 46.4 Å². The van der Waals surface area contributed by atoms with Gasteiger partial charge in [0.25, 0.3) is 0 Å². The minimum Gasteiger partial charge on any atom is -0.367 e. The van der Waals surface area contributed by atoms with Crippen LogP contribution in [0.15, 0.2) is 35.7 Å². The van der Waals surface area contributed by atoms with Crippen LogP contribution in [0, 0.1) is 6.92 Å². The van der Waals surface area contributed by atoms with E-state index in [1.807, 2.05) is 30.2 Å². The highest BCUT2D eigenvalue weighted by Gasteiger charge is 2.21. The van der Waals surface area contributed by atoms with Crippen molar-refractivity contribution in [3.63, 3.8) is 0 Å². The Morgan fingerprint density at radius 2 is 2.31 bits per heavy atom. The lowest BCUT2D eigenvalue weighted by molar-refractivity contribution is 0.468. The molecule has 1 aliphatic rings. The molecule has 7 nitrogen and oxygen atoms in total. The van der Waals surface area contributed by atoms with Crippen LogP contribution in [0.5, 0.6) is 0 Å². The Kier molecular flexibility index (Phi) is 6.09. The molecular weight excluding hydrogens is 326 g/mol. The van der Waals surface area contributed by atoms with Crippen molar-refractivity contribution in [1.82, 2.24) is 25.4 Å². The van der Waals surface area contributed by atoms with E-state index in [1.165, 1.54) is 11.3 Å². The number of pyridine rings is 1. The maximum atomic E-state index is 4.74. The minimum atomic E-state index is 0.367. The smallest absolute Gasteiger partial charge is 0.191 e. The molecule has 0 aliphatic carbocycles. The van der Waals surface area contributed by atoms with Gasteiger partial charge in [0, 0.05) is 45.1 Å². The SMILES string of the molecule is CCNC(=NCc1ncccc1C)NC1CCCN(c2cnn(C)c2)C1. The summed E-state index contributed by atoms with van der Waals surface area (Å²) in [5, 5.41) is 11.2. The lowest BCUT2D eigenvalue weighted by Gasteiger charge is -2.34. The van der Waals surface area contributed by atoms with Gasteiger partial charge in [0.2, 0.25) is 0 Å². The molecule has 0 aromatic carbocycles. The quantitative estimate of drug-likeness (QED) is 0.633. The highest BCUT2D eigenvalue weighted by atomic mass is 15.3. The van der Waals surface area contributed by atoms with Crippen LogP contribution in [0.1, 0.15) is 31.0 Å². The molecule has 0 radical (unpaired) electrons. The van der Waals surface area contributed by atoms with Crippen molar-refractivity contribution in [2.75, 3.05) is 24.5 Å². The Labute approximate surface area is 155 Å². The second-order valence-corrected chi connectivity index (χ2v) is 6.76. The van der Waals surface area contributed by atoms with Crippen LogP contribution in [0.25, 0.3) is 0 Å². The number of aromatic nitrogens is 3. The number of hydrogen-bond acceptors (Lipinski definition) is 4. The maximum Gasteiger partial charge on any atom is 0.191 e. The van der Waals surface area contributed by atoms with Gasteiger partial charge in [-0.05, 0) is 38.3 Å². The fourth-order valence-electron chi connectivity index (χ4n) is 3.25. The standard InChI is InChI=1S/C19H29N7/c1-4-20-19(22-12-18-15(2)7-5-9-21-18)24-16-8-6-10-26(13-16)17-11-23-25(3)14-17/h5,7,9,11,14,16H,4,6,8,10,12-13H2,1-3H3,(H2,20,22,24). The topological polar surface area (TPSA) is 70.4 Å². The molecule has 3 rings (SSSR count). The number of nitrogens with zero attached hydrogens (tertiary/aromatic N) is 5. The van der Waals surface area contributed by atoms with Crippen molar-refractivity contribution in [3.8, 4) is 0 Å². The highest BCUT2D eigenvalue weighted by Crippen LogP contribution is 2.19. The molecule has 0 amide bonds. The molecular formula is C19H29N7. The molecule has 2 aromatic heterocycles.